The normalized spacial score (nSPS) is 11.7. The lowest BCUT2D eigenvalue weighted by molar-refractivity contribution is -0.137. The van der Waals surface area contributed by atoms with Crippen LogP contribution in [0.1, 0.15) is 18.1 Å². The van der Waals surface area contributed by atoms with Gasteiger partial charge in [-0.3, -0.25) is 9.48 Å². The van der Waals surface area contributed by atoms with Crippen LogP contribution in [0, 0.1) is 0 Å². The lowest BCUT2D eigenvalue weighted by atomic mass is 10.1. The average Bonchev–Trinajstić information content (AvgIpc) is 2.59. The average molecular weight is 348 g/mol. The van der Waals surface area contributed by atoms with Gasteiger partial charge >= 0.3 is 6.18 Å². The Balaban J connectivity index is 2.10. The van der Waals surface area contributed by atoms with E-state index in [2.05, 4.69) is 5.10 Å². The van der Waals surface area contributed by atoms with Crippen molar-refractivity contribution >= 4 is 10.9 Å². The van der Waals surface area contributed by atoms with Crippen molar-refractivity contribution in [2.75, 3.05) is 6.61 Å². The maximum atomic E-state index is 12.9. The summed E-state index contributed by atoms with van der Waals surface area (Å²) in [5.74, 6) is -0.0619. The highest BCUT2D eigenvalue weighted by Crippen LogP contribution is 2.29. The zero-order valence-corrected chi connectivity index (χ0v) is 13.4. The number of ether oxygens (including phenoxy) is 1. The monoisotopic (exact) mass is 348 g/mol. The van der Waals surface area contributed by atoms with Crippen LogP contribution in [-0.2, 0) is 12.7 Å². The van der Waals surface area contributed by atoms with Crippen LogP contribution in [0.25, 0.3) is 10.9 Å². The smallest absolute Gasteiger partial charge is 0.416 e. The van der Waals surface area contributed by atoms with E-state index in [1.54, 1.807) is 37.3 Å². The van der Waals surface area contributed by atoms with Gasteiger partial charge in [-0.1, -0.05) is 24.3 Å². The summed E-state index contributed by atoms with van der Waals surface area (Å²) in [7, 11) is 0. The van der Waals surface area contributed by atoms with Gasteiger partial charge in [-0.25, -0.2) is 0 Å². The van der Waals surface area contributed by atoms with Crippen molar-refractivity contribution in [3.05, 3.63) is 69.9 Å². The second-order valence-electron chi connectivity index (χ2n) is 5.44. The van der Waals surface area contributed by atoms with Gasteiger partial charge < -0.3 is 4.74 Å². The minimum Gasteiger partial charge on any atom is -0.474 e. The molecular formula is C18H15F3N2O2. The van der Waals surface area contributed by atoms with E-state index >= 15 is 0 Å². The molecule has 0 amide bonds. The molecule has 0 bridgehead atoms. The summed E-state index contributed by atoms with van der Waals surface area (Å²) >= 11 is 0. The van der Waals surface area contributed by atoms with Crippen molar-refractivity contribution in [3.8, 4) is 5.88 Å². The molecule has 25 heavy (non-hydrogen) atoms. The van der Waals surface area contributed by atoms with E-state index in [1.807, 2.05) is 0 Å². The topological polar surface area (TPSA) is 44.1 Å². The fourth-order valence-electron chi connectivity index (χ4n) is 2.59. The second kappa shape index (κ2) is 6.58. The predicted molar refractivity (Wildman–Crippen MR) is 87.7 cm³/mol. The number of rotatable bonds is 4. The van der Waals surface area contributed by atoms with E-state index in [1.165, 1.54) is 10.7 Å². The number of benzene rings is 2. The van der Waals surface area contributed by atoms with Crippen LogP contribution in [0.2, 0.25) is 0 Å². The van der Waals surface area contributed by atoms with Gasteiger partial charge in [0.25, 0.3) is 11.3 Å². The van der Waals surface area contributed by atoms with Crippen molar-refractivity contribution < 1.29 is 17.9 Å². The molecule has 0 saturated heterocycles. The number of alkyl halides is 3. The molecule has 0 radical (unpaired) electrons. The van der Waals surface area contributed by atoms with Crippen molar-refractivity contribution in [3.63, 3.8) is 0 Å². The molecule has 7 heteroatoms. The Kier molecular flexibility index (Phi) is 4.48. The molecule has 0 aliphatic carbocycles. The molecule has 130 valence electrons. The number of fused-ring (bicyclic) bond motifs is 1. The Morgan fingerprint density at radius 2 is 1.88 bits per heavy atom. The molecule has 2 aromatic carbocycles. The highest BCUT2D eigenvalue weighted by molar-refractivity contribution is 5.79. The Morgan fingerprint density at radius 1 is 1.12 bits per heavy atom. The van der Waals surface area contributed by atoms with Crippen molar-refractivity contribution in [1.29, 1.82) is 0 Å². The Bertz CT molecular complexity index is 964. The van der Waals surface area contributed by atoms with Crippen molar-refractivity contribution in [1.82, 2.24) is 9.78 Å². The first-order valence-corrected chi connectivity index (χ1v) is 7.69. The van der Waals surface area contributed by atoms with Crippen LogP contribution >= 0.6 is 0 Å². The maximum Gasteiger partial charge on any atom is 0.416 e. The van der Waals surface area contributed by atoms with Crippen LogP contribution in [-0.4, -0.2) is 16.4 Å². The zero-order valence-electron chi connectivity index (χ0n) is 13.4. The number of hydrogen-bond donors (Lipinski definition) is 0. The number of para-hydroxylation sites is 1. The van der Waals surface area contributed by atoms with Gasteiger partial charge in [0.05, 0.1) is 29.6 Å². The van der Waals surface area contributed by atoms with Crippen molar-refractivity contribution in [2.45, 2.75) is 19.6 Å². The summed E-state index contributed by atoms with van der Waals surface area (Å²) in [6, 6.07) is 11.8. The van der Waals surface area contributed by atoms with Gasteiger partial charge in [0.1, 0.15) is 0 Å². The van der Waals surface area contributed by atoms with E-state index in [9.17, 15) is 18.0 Å². The fourth-order valence-corrected chi connectivity index (χ4v) is 2.59. The molecule has 0 saturated carbocycles. The standard InChI is InChI=1S/C18H15F3N2O2/c1-2-25-17-16(24)14-8-3-4-9-15(14)23(22-17)11-12-6-5-7-13(10-12)18(19,20)21/h3-10H,2,11H2,1H3. The number of nitrogens with zero attached hydrogens (tertiary/aromatic N) is 2. The minimum atomic E-state index is -4.41. The molecule has 0 aliphatic heterocycles. The summed E-state index contributed by atoms with van der Waals surface area (Å²) in [6.07, 6.45) is -4.41. The molecule has 4 nitrogen and oxygen atoms in total. The number of halogens is 3. The molecule has 0 spiro atoms. The molecular weight excluding hydrogens is 333 g/mol. The largest absolute Gasteiger partial charge is 0.474 e. The second-order valence-corrected chi connectivity index (χ2v) is 5.44. The van der Waals surface area contributed by atoms with Gasteiger partial charge in [0.15, 0.2) is 0 Å². The maximum absolute atomic E-state index is 12.9. The summed E-state index contributed by atoms with van der Waals surface area (Å²) < 4.78 is 45.4. The highest BCUT2D eigenvalue weighted by atomic mass is 19.4. The molecule has 1 heterocycles. The lowest BCUT2D eigenvalue weighted by Crippen LogP contribution is -2.18. The van der Waals surface area contributed by atoms with Gasteiger partial charge in [-0.2, -0.15) is 13.2 Å². The van der Waals surface area contributed by atoms with Crippen LogP contribution in [0.4, 0.5) is 13.2 Å². The van der Waals surface area contributed by atoms with E-state index in [0.717, 1.165) is 12.1 Å². The predicted octanol–water partition coefficient (Wildman–Crippen LogP) is 3.86. The number of aromatic nitrogens is 2. The molecule has 0 N–H and O–H groups in total. The molecule has 0 aliphatic rings. The quantitative estimate of drug-likeness (QED) is 0.719. The molecule has 3 rings (SSSR count). The van der Waals surface area contributed by atoms with E-state index in [0.29, 0.717) is 16.5 Å². The number of hydrogen-bond acceptors (Lipinski definition) is 3. The highest BCUT2D eigenvalue weighted by Gasteiger charge is 2.30. The van der Waals surface area contributed by atoms with Gasteiger partial charge in [-0.15, -0.1) is 5.10 Å². The molecule has 0 fully saturated rings. The van der Waals surface area contributed by atoms with Crippen LogP contribution < -0.4 is 10.2 Å². The lowest BCUT2D eigenvalue weighted by Gasteiger charge is -2.13. The molecule has 0 unspecified atom stereocenters. The van der Waals surface area contributed by atoms with Gasteiger partial charge in [0.2, 0.25) is 0 Å². The van der Waals surface area contributed by atoms with Crippen LogP contribution in [0.5, 0.6) is 5.88 Å². The van der Waals surface area contributed by atoms with Crippen molar-refractivity contribution in [2.24, 2.45) is 0 Å². The Hall–Kier alpha value is -2.83. The fraction of sp³-hybridized carbons (Fsp3) is 0.222. The first-order chi connectivity index (χ1) is 11.9. The first-order valence-electron chi connectivity index (χ1n) is 7.69. The third kappa shape index (κ3) is 3.50. The van der Waals surface area contributed by atoms with E-state index < -0.39 is 11.7 Å². The molecule has 0 atom stereocenters. The summed E-state index contributed by atoms with van der Waals surface area (Å²) in [5.41, 5.74) is -0.0925. The first kappa shape index (κ1) is 17.0. The zero-order chi connectivity index (χ0) is 18.0. The van der Waals surface area contributed by atoms with E-state index in [-0.39, 0.29) is 24.5 Å². The van der Waals surface area contributed by atoms with E-state index in [4.69, 9.17) is 4.74 Å². The summed E-state index contributed by atoms with van der Waals surface area (Å²) in [6.45, 7) is 2.09. The van der Waals surface area contributed by atoms with Crippen LogP contribution in [0.15, 0.2) is 53.3 Å². The molecule has 1 aromatic heterocycles. The Morgan fingerprint density at radius 3 is 2.60 bits per heavy atom. The molecule has 3 aromatic rings. The SMILES string of the molecule is CCOc1nn(Cc2cccc(C(F)(F)F)c2)c2ccccc2c1=O. The summed E-state index contributed by atoms with van der Waals surface area (Å²) in [5, 5.41) is 4.59. The van der Waals surface area contributed by atoms with Gasteiger partial charge in [-0.05, 0) is 36.8 Å². The Labute approximate surface area is 141 Å². The third-order valence-electron chi connectivity index (χ3n) is 3.70. The third-order valence-corrected chi connectivity index (χ3v) is 3.70. The van der Waals surface area contributed by atoms with Crippen LogP contribution in [0.3, 0.4) is 0 Å². The summed E-state index contributed by atoms with van der Waals surface area (Å²) in [4.78, 5) is 12.4. The van der Waals surface area contributed by atoms with Gasteiger partial charge in [0, 0.05) is 0 Å². The minimum absolute atomic E-state index is 0.0619.